The molecule has 0 spiro atoms. The zero-order chi connectivity index (χ0) is 11.0. The zero-order valence-corrected chi connectivity index (χ0v) is 8.44. The second-order valence-electron chi connectivity index (χ2n) is 2.22. The van der Waals surface area contributed by atoms with Gasteiger partial charge in [-0.05, 0) is 11.6 Å². The molecule has 0 heterocycles. The van der Waals surface area contributed by atoms with Gasteiger partial charge in [-0.15, -0.1) is 0 Å². The lowest BCUT2D eigenvalue weighted by atomic mass is 10.2. The number of carbonyl (C=O) groups is 1. The van der Waals surface area contributed by atoms with Gasteiger partial charge in [0.05, 0.1) is 0 Å². The minimum absolute atomic E-state index is 1.07. The predicted octanol–water partition coefficient (Wildman–Crippen LogP) is 3.79. The van der Waals surface area contributed by atoms with Crippen molar-refractivity contribution in [2.24, 2.45) is 0 Å². The summed E-state index contributed by atoms with van der Waals surface area (Å²) in [6.45, 7) is 0. The average molecular weight is 263 g/mol. The van der Waals surface area contributed by atoms with Crippen molar-refractivity contribution in [2.45, 2.75) is 0 Å². The van der Waals surface area contributed by atoms with Crippen LogP contribution < -0.4 is 0 Å². The number of carbonyl (C=O) groups excluding carboxylic acids is 1. The Morgan fingerprint density at radius 3 is 1.57 bits per heavy atom. The van der Waals surface area contributed by atoms with E-state index in [1.807, 2.05) is 0 Å². The molecule has 0 aliphatic rings. The van der Waals surface area contributed by atoms with Crippen molar-refractivity contribution in [1.82, 2.24) is 0 Å². The summed E-state index contributed by atoms with van der Waals surface area (Å²) in [5, 5.41) is -3.58. The van der Waals surface area contributed by atoms with E-state index in [1.54, 1.807) is 0 Å². The van der Waals surface area contributed by atoms with Crippen LogP contribution in [0.2, 0.25) is 10.0 Å². The molecular weight excluding hydrogens is 263 g/mol. The van der Waals surface area contributed by atoms with Crippen molar-refractivity contribution in [3.8, 4) is 0 Å². The summed E-state index contributed by atoms with van der Waals surface area (Å²) < 4.78 is 38.8. The lowest BCUT2D eigenvalue weighted by Gasteiger charge is -2.05. The molecule has 1 aromatic rings. The fraction of sp³-hybridized carbons (Fsp3) is 0. The van der Waals surface area contributed by atoms with E-state index >= 15 is 0 Å². The summed E-state index contributed by atoms with van der Waals surface area (Å²) in [5.41, 5.74) is -1.16. The molecular formula is C7Cl3F3O. The molecule has 0 atom stereocenters. The maximum Gasteiger partial charge on any atom is 0.258 e. The molecule has 0 unspecified atom stereocenters. The first kappa shape index (κ1) is 11.6. The third kappa shape index (κ3) is 1.69. The highest BCUT2D eigenvalue weighted by Gasteiger charge is 2.26. The van der Waals surface area contributed by atoms with Crippen molar-refractivity contribution in [3.05, 3.63) is 33.1 Å². The van der Waals surface area contributed by atoms with Gasteiger partial charge < -0.3 is 0 Å². The molecule has 14 heavy (non-hydrogen) atoms. The highest BCUT2D eigenvalue weighted by Crippen LogP contribution is 2.32. The molecule has 0 radical (unpaired) electrons. The van der Waals surface area contributed by atoms with E-state index < -0.39 is 38.3 Å². The molecule has 0 amide bonds. The lowest BCUT2D eigenvalue weighted by molar-refractivity contribution is 0.107. The van der Waals surface area contributed by atoms with Gasteiger partial charge >= 0.3 is 0 Å². The molecule has 1 nitrogen and oxygen atoms in total. The van der Waals surface area contributed by atoms with Gasteiger partial charge in [-0.3, -0.25) is 4.79 Å². The Labute approximate surface area is 91.4 Å². The van der Waals surface area contributed by atoms with Crippen molar-refractivity contribution in [1.29, 1.82) is 0 Å². The van der Waals surface area contributed by atoms with Crippen LogP contribution in [0.25, 0.3) is 0 Å². The third-order valence-electron chi connectivity index (χ3n) is 1.41. The van der Waals surface area contributed by atoms with Crippen LogP contribution in [-0.4, -0.2) is 5.24 Å². The minimum atomic E-state index is -1.56. The van der Waals surface area contributed by atoms with E-state index in [-0.39, 0.29) is 0 Å². The lowest BCUT2D eigenvalue weighted by Crippen LogP contribution is -2.03. The Balaban J connectivity index is 3.68. The minimum Gasteiger partial charge on any atom is -0.275 e. The van der Waals surface area contributed by atoms with E-state index in [0.29, 0.717) is 0 Å². The first-order chi connectivity index (χ1) is 6.37. The summed E-state index contributed by atoms with van der Waals surface area (Å²) in [5.74, 6) is -4.60. The van der Waals surface area contributed by atoms with E-state index in [2.05, 4.69) is 0 Å². The van der Waals surface area contributed by atoms with Gasteiger partial charge in [0.2, 0.25) is 0 Å². The molecule has 1 rings (SSSR count). The summed E-state index contributed by atoms with van der Waals surface area (Å²) in [6, 6.07) is 0. The summed E-state index contributed by atoms with van der Waals surface area (Å²) in [6.07, 6.45) is 0. The quantitative estimate of drug-likeness (QED) is 0.428. The Kier molecular flexibility index (Phi) is 3.29. The Morgan fingerprint density at radius 2 is 1.29 bits per heavy atom. The van der Waals surface area contributed by atoms with Gasteiger partial charge in [0.1, 0.15) is 15.6 Å². The van der Waals surface area contributed by atoms with Gasteiger partial charge in [0, 0.05) is 0 Å². The maximum absolute atomic E-state index is 13.0. The topological polar surface area (TPSA) is 17.1 Å². The normalized spacial score (nSPS) is 10.4. The highest BCUT2D eigenvalue weighted by atomic mass is 35.5. The Bertz CT molecular complexity index is 390. The number of hydrogen-bond donors (Lipinski definition) is 0. The molecule has 0 aliphatic heterocycles. The van der Waals surface area contributed by atoms with Gasteiger partial charge in [-0.1, -0.05) is 23.2 Å². The van der Waals surface area contributed by atoms with E-state index in [0.717, 1.165) is 0 Å². The maximum atomic E-state index is 13.0. The Hall–Kier alpha value is -0.450. The Morgan fingerprint density at radius 1 is 0.929 bits per heavy atom. The third-order valence-corrected chi connectivity index (χ3v) is 2.26. The van der Waals surface area contributed by atoms with Crippen LogP contribution in [0.1, 0.15) is 10.4 Å². The van der Waals surface area contributed by atoms with Gasteiger partial charge in [-0.2, -0.15) is 0 Å². The molecule has 1 aromatic carbocycles. The van der Waals surface area contributed by atoms with Gasteiger partial charge in [0.15, 0.2) is 17.5 Å². The molecule has 76 valence electrons. The number of benzene rings is 1. The summed E-state index contributed by atoms with van der Waals surface area (Å²) in [7, 11) is 0. The fourth-order valence-electron chi connectivity index (χ4n) is 0.777. The second-order valence-corrected chi connectivity index (χ2v) is 3.32. The summed E-state index contributed by atoms with van der Waals surface area (Å²) in [4.78, 5) is 10.5. The van der Waals surface area contributed by atoms with Crippen LogP contribution in [0.4, 0.5) is 13.2 Å². The second kappa shape index (κ2) is 3.96. The van der Waals surface area contributed by atoms with Crippen LogP contribution in [0.15, 0.2) is 0 Å². The van der Waals surface area contributed by atoms with Gasteiger partial charge in [-0.25, -0.2) is 13.2 Å². The zero-order valence-electron chi connectivity index (χ0n) is 6.18. The molecule has 0 bridgehead atoms. The van der Waals surface area contributed by atoms with Crippen LogP contribution in [0, 0.1) is 17.5 Å². The molecule has 0 saturated carbocycles. The number of rotatable bonds is 1. The van der Waals surface area contributed by atoms with Crippen LogP contribution in [-0.2, 0) is 0 Å². The van der Waals surface area contributed by atoms with Crippen molar-refractivity contribution < 1.29 is 18.0 Å². The standard InChI is InChI=1S/C7Cl3F3O/c8-2-4(11)1(7(10)14)5(12)3(9)6(2)13. The largest absolute Gasteiger partial charge is 0.275 e. The number of halogens is 6. The van der Waals surface area contributed by atoms with Crippen molar-refractivity contribution >= 4 is 40.0 Å². The first-order valence-electron chi connectivity index (χ1n) is 3.09. The molecule has 0 N–H and O–H groups in total. The molecule has 0 aliphatic carbocycles. The molecule has 0 saturated heterocycles. The van der Waals surface area contributed by atoms with Crippen LogP contribution >= 0.6 is 34.8 Å². The van der Waals surface area contributed by atoms with Crippen LogP contribution in [0.5, 0.6) is 0 Å². The molecule has 0 fully saturated rings. The van der Waals surface area contributed by atoms with Crippen molar-refractivity contribution in [2.75, 3.05) is 0 Å². The van der Waals surface area contributed by atoms with E-state index in [9.17, 15) is 18.0 Å². The van der Waals surface area contributed by atoms with Gasteiger partial charge in [0.25, 0.3) is 5.24 Å². The van der Waals surface area contributed by atoms with E-state index in [4.69, 9.17) is 34.8 Å². The predicted molar refractivity (Wildman–Crippen MR) is 46.5 cm³/mol. The average Bonchev–Trinajstić information content (AvgIpc) is 2.11. The fourth-order valence-corrected chi connectivity index (χ4v) is 1.37. The SMILES string of the molecule is O=C(Cl)c1c(F)c(Cl)c(F)c(Cl)c1F. The molecule has 0 aromatic heterocycles. The smallest absolute Gasteiger partial charge is 0.258 e. The van der Waals surface area contributed by atoms with E-state index in [1.165, 1.54) is 0 Å². The van der Waals surface area contributed by atoms with Crippen LogP contribution in [0.3, 0.4) is 0 Å². The number of hydrogen-bond acceptors (Lipinski definition) is 1. The first-order valence-corrected chi connectivity index (χ1v) is 4.22. The monoisotopic (exact) mass is 262 g/mol. The molecule has 7 heteroatoms. The summed E-state index contributed by atoms with van der Waals surface area (Å²) >= 11 is 15.0. The highest BCUT2D eigenvalue weighted by molar-refractivity contribution is 6.68. The van der Waals surface area contributed by atoms with Crippen molar-refractivity contribution in [3.63, 3.8) is 0 Å².